The largest absolute Gasteiger partial charge is 0.418 e. The van der Waals surface area contributed by atoms with Crippen LogP contribution in [-0.4, -0.2) is 36.4 Å². The van der Waals surface area contributed by atoms with Crippen LogP contribution in [0.1, 0.15) is 12.5 Å². The number of hydrazine groups is 2. The number of alkyl halides is 3. The summed E-state index contributed by atoms with van der Waals surface area (Å²) in [6, 6.07) is 5.47. The van der Waals surface area contributed by atoms with E-state index in [1.54, 1.807) is 11.2 Å². The number of nitrogens with zero attached hydrogens (tertiary/aromatic N) is 2. The van der Waals surface area contributed by atoms with Crippen LogP contribution >= 0.6 is 0 Å². The molecule has 1 atom stereocenters. The van der Waals surface area contributed by atoms with Gasteiger partial charge in [0.2, 0.25) is 0 Å². The van der Waals surface area contributed by atoms with Crippen molar-refractivity contribution in [3.05, 3.63) is 29.8 Å². The van der Waals surface area contributed by atoms with Crippen molar-refractivity contribution >= 4 is 5.69 Å². The summed E-state index contributed by atoms with van der Waals surface area (Å²) in [7, 11) is 1.83. The summed E-state index contributed by atoms with van der Waals surface area (Å²) in [4.78, 5) is 0. The van der Waals surface area contributed by atoms with Gasteiger partial charge >= 0.3 is 6.18 Å². The van der Waals surface area contributed by atoms with Gasteiger partial charge in [-0.15, -0.1) is 5.12 Å². The van der Waals surface area contributed by atoms with Crippen LogP contribution in [0.4, 0.5) is 18.9 Å². The highest BCUT2D eigenvalue weighted by Crippen LogP contribution is 2.34. The molecule has 4 nitrogen and oxygen atoms in total. The molecule has 2 rings (SSSR count). The van der Waals surface area contributed by atoms with Crippen LogP contribution < -0.4 is 10.7 Å². The molecule has 7 heteroatoms. The highest BCUT2D eigenvalue weighted by Gasteiger charge is 2.34. The van der Waals surface area contributed by atoms with Crippen LogP contribution in [0.5, 0.6) is 0 Å². The zero-order chi connectivity index (χ0) is 14.0. The molecule has 1 fully saturated rings. The molecule has 0 aliphatic carbocycles. The number of hydrogen-bond acceptors (Lipinski definition) is 4. The Morgan fingerprint density at radius 2 is 2.00 bits per heavy atom. The summed E-state index contributed by atoms with van der Waals surface area (Å²) in [6.45, 7) is 3.42. The molecular weight excluding hydrogens is 257 g/mol. The molecule has 0 spiro atoms. The van der Waals surface area contributed by atoms with E-state index in [9.17, 15) is 13.2 Å². The molecule has 1 aliphatic rings. The summed E-state index contributed by atoms with van der Waals surface area (Å²) in [5.74, 6) is 0. The summed E-state index contributed by atoms with van der Waals surface area (Å²) >= 11 is 0. The normalized spacial score (nSPS) is 22.5. The molecule has 0 radical (unpaired) electrons. The molecule has 1 saturated heterocycles. The van der Waals surface area contributed by atoms with Crippen LogP contribution in [0.2, 0.25) is 0 Å². The zero-order valence-electron chi connectivity index (χ0n) is 10.8. The maximum atomic E-state index is 12.9. The fourth-order valence-electron chi connectivity index (χ4n) is 2.06. The monoisotopic (exact) mass is 274 g/mol. The minimum Gasteiger partial charge on any atom is -0.303 e. The molecule has 1 aromatic carbocycles. The lowest BCUT2D eigenvalue weighted by Gasteiger charge is -2.42. The van der Waals surface area contributed by atoms with Crippen LogP contribution in [0.3, 0.4) is 0 Å². The van der Waals surface area contributed by atoms with E-state index in [1.807, 2.05) is 19.0 Å². The minimum atomic E-state index is -4.37. The Morgan fingerprint density at radius 1 is 1.32 bits per heavy atom. The summed E-state index contributed by atoms with van der Waals surface area (Å²) in [6.07, 6.45) is -4.45. The molecule has 0 bridgehead atoms. The van der Waals surface area contributed by atoms with Crippen molar-refractivity contribution in [2.45, 2.75) is 19.3 Å². The van der Waals surface area contributed by atoms with Gasteiger partial charge in [0.25, 0.3) is 0 Å². The van der Waals surface area contributed by atoms with Gasteiger partial charge in [-0.3, -0.25) is 5.32 Å². The lowest BCUT2D eigenvalue weighted by atomic mass is 10.2. The van der Waals surface area contributed by atoms with E-state index < -0.39 is 11.7 Å². The number of benzene rings is 1. The second-order valence-electron chi connectivity index (χ2n) is 4.51. The van der Waals surface area contributed by atoms with Crippen molar-refractivity contribution in [1.29, 1.82) is 0 Å². The van der Waals surface area contributed by atoms with Crippen LogP contribution in [0.15, 0.2) is 24.3 Å². The molecule has 2 N–H and O–H groups in total. The third-order valence-corrected chi connectivity index (χ3v) is 3.08. The molecule has 106 valence electrons. The van der Waals surface area contributed by atoms with Gasteiger partial charge in [0.15, 0.2) is 0 Å². The van der Waals surface area contributed by atoms with E-state index in [4.69, 9.17) is 0 Å². The topological polar surface area (TPSA) is 30.5 Å². The van der Waals surface area contributed by atoms with Crippen LogP contribution in [-0.2, 0) is 6.18 Å². The fourth-order valence-corrected chi connectivity index (χ4v) is 2.06. The van der Waals surface area contributed by atoms with Gasteiger partial charge < -0.3 is 5.43 Å². The Kier molecular flexibility index (Phi) is 3.98. The predicted octanol–water partition coefficient (Wildman–Crippen LogP) is 2.13. The summed E-state index contributed by atoms with van der Waals surface area (Å²) in [5, 5.41) is 6.70. The first kappa shape index (κ1) is 14.1. The lowest BCUT2D eigenvalue weighted by Crippen LogP contribution is -2.61. The van der Waals surface area contributed by atoms with Crippen molar-refractivity contribution in [3.8, 4) is 0 Å². The summed E-state index contributed by atoms with van der Waals surface area (Å²) in [5.41, 5.74) is 2.22. The third-order valence-electron chi connectivity index (χ3n) is 3.08. The molecule has 1 heterocycles. The molecule has 0 aromatic heterocycles. The van der Waals surface area contributed by atoms with Crippen LogP contribution in [0.25, 0.3) is 0 Å². The van der Waals surface area contributed by atoms with Crippen LogP contribution in [0, 0.1) is 0 Å². The molecule has 1 aliphatic heterocycles. The van der Waals surface area contributed by atoms with Gasteiger partial charge in [0, 0.05) is 20.1 Å². The minimum absolute atomic E-state index is 0.0531. The Bertz CT molecular complexity index is 425. The van der Waals surface area contributed by atoms with E-state index in [-0.39, 0.29) is 11.9 Å². The molecule has 1 aromatic rings. The average Bonchev–Trinajstić information content (AvgIpc) is 2.33. The van der Waals surface area contributed by atoms with E-state index >= 15 is 0 Å². The Balaban J connectivity index is 2.23. The highest BCUT2D eigenvalue weighted by molar-refractivity contribution is 5.51. The van der Waals surface area contributed by atoms with E-state index in [2.05, 4.69) is 10.7 Å². The first-order valence-corrected chi connectivity index (χ1v) is 6.06. The van der Waals surface area contributed by atoms with Gasteiger partial charge in [0.05, 0.1) is 17.4 Å². The van der Waals surface area contributed by atoms with Gasteiger partial charge in [-0.05, 0) is 19.1 Å². The smallest absolute Gasteiger partial charge is 0.303 e. The Hall–Kier alpha value is -1.31. The van der Waals surface area contributed by atoms with Crippen molar-refractivity contribution in [1.82, 2.24) is 15.4 Å². The van der Waals surface area contributed by atoms with Crippen molar-refractivity contribution in [2.24, 2.45) is 0 Å². The third kappa shape index (κ3) is 3.17. The predicted molar refractivity (Wildman–Crippen MR) is 67.0 cm³/mol. The number of halogens is 3. The highest BCUT2D eigenvalue weighted by atomic mass is 19.4. The summed E-state index contributed by atoms with van der Waals surface area (Å²) < 4.78 is 38.7. The fraction of sp³-hybridized carbons (Fsp3) is 0.500. The SMILES string of the molecule is CC1NCCN(C)N1Nc1ccccc1C(F)(F)F. The second kappa shape index (κ2) is 5.36. The second-order valence-corrected chi connectivity index (χ2v) is 4.51. The number of anilines is 1. The molecule has 0 saturated carbocycles. The number of rotatable bonds is 2. The van der Waals surface area contributed by atoms with Gasteiger partial charge in [-0.25, -0.2) is 5.01 Å². The Labute approximate surface area is 110 Å². The Morgan fingerprint density at radius 3 is 2.63 bits per heavy atom. The van der Waals surface area contributed by atoms with E-state index in [1.165, 1.54) is 12.1 Å². The first-order chi connectivity index (χ1) is 8.89. The molecule has 0 amide bonds. The molecule has 1 unspecified atom stereocenters. The number of para-hydroxylation sites is 1. The number of hydrogen-bond donors (Lipinski definition) is 2. The van der Waals surface area contributed by atoms with Crippen molar-refractivity contribution in [3.63, 3.8) is 0 Å². The zero-order valence-corrected chi connectivity index (χ0v) is 10.8. The van der Waals surface area contributed by atoms with Crippen molar-refractivity contribution in [2.75, 3.05) is 25.6 Å². The lowest BCUT2D eigenvalue weighted by molar-refractivity contribution is -0.137. The van der Waals surface area contributed by atoms with Gasteiger partial charge in [-0.2, -0.15) is 13.2 Å². The van der Waals surface area contributed by atoms with E-state index in [0.29, 0.717) is 0 Å². The van der Waals surface area contributed by atoms with Crippen molar-refractivity contribution < 1.29 is 13.2 Å². The van der Waals surface area contributed by atoms with E-state index in [0.717, 1.165) is 19.2 Å². The molecular formula is C12H17F3N4. The quantitative estimate of drug-likeness (QED) is 0.865. The standard InChI is InChI=1S/C12H17F3N4/c1-9-16-7-8-18(2)19(9)17-11-6-4-3-5-10(11)12(13,14)15/h3-6,9,16-17H,7-8H2,1-2H3. The number of likely N-dealkylation sites (N-methyl/N-ethyl adjacent to an activating group) is 1. The van der Waals surface area contributed by atoms with Gasteiger partial charge in [0.1, 0.15) is 0 Å². The van der Waals surface area contributed by atoms with Gasteiger partial charge in [-0.1, -0.05) is 12.1 Å². The number of nitrogens with one attached hydrogen (secondary N) is 2. The molecule has 19 heavy (non-hydrogen) atoms. The maximum absolute atomic E-state index is 12.9. The maximum Gasteiger partial charge on any atom is 0.418 e. The average molecular weight is 274 g/mol. The first-order valence-electron chi connectivity index (χ1n) is 6.06.